The smallest absolute Gasteiger partial charge is 0.368 e. The molecule has 0 radical (unpaired) electrons. The largest absolute Gasteiger partial charge is 0.369 e. The van der Waals surface area contributed by atoms with Crippen LogP contribution in [0.3, 0.4) is 0 Å². The summed E-state index contributed by atoms with van der Waals surface area (Å²) in [6.07, 6.45) is 4.74. The SMILES string of the molecule is NCCCCCCCCCC(O)(P(=O)(O)O)P(=O)(O)O. The van der Waals surface area contributed by atoms with Gasteiger partial charge < -0.3 is 30.4 Å². The molecule has 0 saturated carbocycles. The van der Waals surface area contributed by atoms with E-state index in [0.717, 1.165) is 32.1 Å². The Hall–Kier alpha value is 0.220. The van der Waals surface area contributed by atoms with E-state index in [4.69, 9.17) is 25.3 Å². The third-order valence-electron chi connectivity index (χ3n) is 3.15. The van der Waals surface area contributed by atoms with Crippen LogP contribution < -0.4 is 5.73 Å². The molecule has 7 N–H and O–H groups in total. The van der Waals surface area contributed by atoms with E-state index in [1.54, 1.807) is 0 Å². The van der Waals surface area contributed by atoms with Gasteiger partial charge in [0.1, 0.15) is 0 Å². The zero-order valence-electron chi connectivity index (χ0n) is 11.4. The molecule has 8 nitrogen and oxygen atoms in total. The summed E-state index contributed by atoms with van der Waals surface area (Å²) in [6.45, 7) is 0.650. The maximum Gasteiger partial charge on any atom is 0.369 e. The van der Waals surface area contributed by atoms with E-state index in [0.29, 0.717) is 13.0 Å². The van der Waals surface area contributed by atoms with Crippen molar-refractivity contribution < 1.29 is 33.8 Å². The average molecular weight is 333 g/mol. The summed E-state index contributed by atoms with van der Waals surface area (Å²) in [6, 6.07) is 0. The number of unbranched alkanes of at least 4 members (excludes halogenated alkanes) is 6. The summed E-state index contributed by atoms with van der Waals surface area (Å²) in [5, 5.41) is 6.35. The predicted octanol–water partition coefficient (Wildman–Crippen LogP) is 1.07. The monoisotopic (exact) mass is 333 g/mol. The van der Waals surface area contributed by atoms with Crippen molar-refractivity contribution in [2.24, 2.45) is 5.73 Å². The zero-order valence-corrected chi connectivity index (χ0v) is 13.2. The molecule has 0 aliphatic heterocycles. The molecule has 0 aromatic rings. The second-order valence-corrected chi connectivity index (χ2v) is 8.88. The van der Waals surface area contributed by atoms with E-state index in [9.17, 15) is 14.2 Å². The van der Waals surface area contributed by atoms with Crippen molar-refractivity contribution in [3.05, 3.63) is 0 Å². The molecule has 0 fully saturated rings. The van der Waals surface area contributed by atoms with Crippen LogP contribution in [0.5, 0.6) is 0 Å². The third-order valence-corrected chi connectivity index (χ3v) is 7.03. The van der Waals surface area contributed by atoms with Crippen LogP contribution in [0.25, 0.3) is 0 Å². The van der Waals surface area contributed by atoms with Gasteiger partial charge >= 0.3 is 15.2 Å². The normalized spacial score (nSPS) is 13.7. The summed E-state index contributed by atoms with van der Waals surface area (Å²) < 4.78 is 22.2. The topological polar surface area (TPSA) is 161 Å². The average Bonchev–Trinajstić information content (AvgIpc) is 2.29. The number of hydrogen-bond acceptors (Lipinski definition) is 4. The van der Waals surface area contributed by atoms with E-state index in [-0.39, 0.29) is 6.42 Å². The molecule has 122 valence electrons. The molecule has 0 unspecified atom stereocenters. The summed E-state index contributed by atoms with van der Waals surface area (Å²) in [5.74, 6) is 0. The van der Waals surface area contributed by atoms with Crippen molar-refractivity contribution in [2.45, 2.75) is 56.4 Å². The van der Waals surface area contributed by atoms with Crippen LogP contribution in [-0.4, -0.2) is 36.3 Å². The van der Waals surface area contributed by atoms with E-state index >= 15 is 0 Å². The second kappa shape index (κ2) is 8.61. The van der Waals surface area contributed by atoms with Crippen LogP contribution >= 0.6 is 15.2 Å². The van der Waals surface area contributed by atoms with Crippen LogP contribution in [0.1, 0.15) is 51.4 Å². The van der Waals surface area contributed by atoms with E-state index in [1.165, 1.54) is 0 Å². The van der Waals surface area contributed by atoms with Crippen molar-refractivity contribution in [1.82, 2.24) is 0 Å². The van der Waals surface area contributed by atoms with Crippen molar-refractivity contribution in [3.63, 3.8) is 0 Å². The Morgan fingerprint density at radius 2 is 1.10 bits per heavy atom. The number of rotatable bonds is 11. The first-order chi connectivity index (χ1) is 9.06. The number of hydrogen-bond donors (Lipinski definition) is 6. The highest BCUT2D eigenvalue weighted by Crippen LogP contribution is 2.69. The van der Waals surface area contributed by atoms with Gasteiger partial charge in [0.25, 0.3) is 5.08 Å². The van der Waals surface area contributed by atoms with Crippen LogP contribution in [0, 0.1) is 0 Å². The van der Waals surface area contributed by atoms with Crippen LogP contribution in [-0.2, 0) is 9.13 Å². The lowest BCUT2D eigenvalue weighted by Gasteiger charge is -2.29. The molecule has 0 aliphatic carbocycles. The summed E-state index contributed by atoms with van der Waals surface area (Å²) in [4.78, 5) is 35.7. The van der Waals surface area contributed by atoms with Gasteiger partial charge in [0, 0.05) is 0 Å². The zero-order chi connectivity index (χ0) is 15.9. The van der Waals surface area contributed by atoms with Gasteiger partial charge in [0.15, 0.2) is 0 Å². The molecule has 0 heterocycles. The minimum absolute atomic E-state index is 0.142. The fourth-order valence-corrected chi connectivity index (χ4v) is 4.11. The fraction of sp³-hybridized carbons (Fsp3) is 1.00. The minimum Gasteiger partial charge on any atom is -0.368 e. The molecule has 0 aromatic heterocycles. The predicted molar refractivity (Wildman–Crippen MR) is 75.0 cm³/mol. The minimum atomic E-state index is -5.30. The van der Waals surface area contributed by atoms with Crippen molar-refractivity contribution in [1.29, 1.82) is 0 Å². The van der Waals surface area contributed by atoms with Gasteiger partial charge in [-0.05, 0) is 25.8 Å². The molecule has 0 atom stereocenters. The Bertz CT molecular complexity index is 343. The first-order valence-electron chi connectivity index (χ1n) is 6.60. The molecule has 20 heavy (non-hydrogen) atoms. The first kappa shape index (κ1) is 20.2. The molecule has 0 amide bonds. The molecular formula is C10H25NO7P2. The van der Waals surface area contributed by atoms with Gasteiger partial charge in [-0.1, -0.05) is 32.1 Å². The third kappa shape index (κ3) is 6.33. The molecule has 0 saturated heterocycles. The molecule has 0 spiro atoms. The number of nitrogens with two attached hydrogens (primary N) is 1. The molecular weight excluding hydrogens is 308 g/mol. The second-order valence-electron chi connectivity index (χ2n) is 4.88. The summed E-state index contributed by atoms with van der Waals surface area (Å²) in [5.41, 5.74) is 5.34. The Labute approximate surface area is 118 Å². The Kier molecular flexibility index (Phi) is 8.71. The molecule has 0 aromatic carbocycles. The number of aliphatic hydroxyl groups is 1. The Balaban J connectivity index is 4.14. The highest BCUT2D eigenvalue weighted by atomic mass is 31.2. The summed E-state index contributed by atoms with van der Waals surface area (Å²) >= 11 is 0. The maximum absolute atomic E-state index is 11.1. The van der Waals surface area contributed by atoms with E-state index in [2.05, 4.69) is 0 Å². The fourth-order valence-electron chi connectivity index (χ4n) is 1.85. The molecule has 10 heteroatoms. The van der Waals surface area contributed by atoms with Crippen LogP contribution in [0.2, 0.25) is 0 Å². The van der Waals surface area contributed by atoms with E-state index in [1.807, 2.05) is 0 Å². The molecule has 0 rings (SSSR count). The van der Waals surface area contributed by atoms with Gasteiger partial charge in [-0.2, -0.15) is 0 Å². The first-order valence-corrected chi connectivity index (χ1v) is 9.82. The maximum atomic E-state index is 11.1. The van der Waals surface area contributed by atoms with Gasteiger partial charge in [-0.3, -0.25) is 9.13 Å². The lowest BCUT2D eigenvalue weighted by atomic mass is 10.1. The lowest BCUT2D eigenvalue weighted by molar-refractivity contribution is 0.120. The van der Waals surface area contributed by atoms with Crippen LogP contribution in [0.4, 0.5) is 0 Å². The van der Waals surface area contributed by atoms with Crippen LogP contribution in [0.15, 0.2) is 0 Å². The Morgan fingerprint density at radius 1 is 0.750 bits per heavy atom. The lowest BCUT2D eigenvalue weighted by Crippen LogP contribution is -2.28. The van der Waals surface area contributed by atoms with Crippen molar-refractivity contribution in [3.8, 4) is 0 Å². The van der Waals surface area contributed by atoms with Gasteiger partial charge in [-0.25, -0.2) is 0 Å². The quantitative estimate of drug-likeness (QED) is 0.242. The van der Waals surface area contributed by atoms with Crippen molar-refractivity contribution in [2.75, 3.05) is 6.54 Å². The summed E-state index contributed by atoms with van der Waals surface area (Å²) in [7, 11) is -10.6. The van der Waals surface area contributed by atoms with Crippen molar-refractivity contribution >= 4 is 15.2 Å². The van der Waals surface area contributed by atoms with Gasteiger partial charge in [0.2, 0.25) is 0 Å². The van der Waals surface area contributed by atoms with Gasteiger partial charge in [-0.15, -0.1) is 0 Å². The highest BCUT2D eigenvalue weighted by molar-refractivity contribution is 7.72. The van der Waals surface area contributed by atoms with Gasteiger partial charge in [0.05, 0.1) is 0 Å². The Morgan fingerprint density at radius 3 is 1.45 bits per heavy atom. The van der Waals surface area contributed by atoms with E-state index < -0.39 is 26.7 Å². The highest BCUT2D eigenvalue weighted by Gasteiger charge is 2.58. The molecule has 0 bridgehead atoms. The standard InChI is InChI=1S/C10H25NO7P2/c11-9-7-5-3-1-2-4-6-8-10(12,19(13,14)15)20(16,17)18/h12H,1-9,11H2,(H2,13,14,15)(H2,16,17,18). The molecule has 0 aliphatic rings.